The SMILES string of the molecule is O=C(O)CC1=CO1. The molecule has 0 fully saturated rings. The Labute approximate surface area is 40.2 Å². The molecule has 38 valence electrons. The summed E-state index contributed by atoms with van der Waals surface area (Å²) in [7, 11) is 0. The largest absolute Gasteiger partial charge is 0.481 e. The maximum Gasteiger partial charge on any atom is 0.311 e. The van der Waals surface area contributed by atoms with Crippen molar-refractivity contribution in [3.63, 3.8) is 0 Å². The highest BCUT2D eigenvalue weighted by atomic mass is 16.5. The summed E-state index contributed by atoms with van der Waals surface area (Å²) in [6.07, 6.45) is 1.45. The fourth-order valence-corrected chi connectivity index (χ4v) is 0.274. The lowest BCUT2D eigenvalue weighted by Gasteiger charge is -1.77. The Balaban J connectivity index is 2.21. The van der Waals surface area contributed by atoms with Crippen molar-refractivity contribution in [2.75, 3.05) is 0 Å². The van der Waals surface area contributed by atoms with Crippen LogP contribution in [-0.4, -0.2) is 11.1 Å². The van der Waals surface area contributed by atoms with Gasteiger partial charge in [0.15, 0.2) is 0 Å². The molecule has 0 aromatic heterocycles. The molecule has 0 aromatic carbocycles. The molecule has 0 saturated heterocycles. The first-order chi connectivity index (χ1) is 3.29. The second-order valence-corrected chi connectivity index (χ2v) is 1.27. The van der Waals surface area contributed by atoms with Crippen LogP contribution in [0.1, 0.15) is 6.42 Å². The van der Waals surface area contributed by atoms with Crippen molar-refractivity contribution in [1.29, 1.82) is 0 Å². The van der Waals surface area contributed by atoms with Gasteiger partial charge in [0.25, 0.3) is 0 Å². The number of carbonyl (C=O) groups is 1. The van der Waals surface area contributed by atoms with E-state index < -0.39 is 5.97 Å². The number of hydrogen-bond acceptors (Lipinski definition) is 2. The van der Waals surface area contributed by atoms with E-state index in [4.69, 9.17) is 5.11 Å². The molecule has 0 aliphatic carbocycles. The van der Waals surface area contributed by atoms with Gasteiger partial charge in [-0.25, -0.2) is 0 Å². The minimum Gasteiger partial charge on any atom is -0.481 e. The van der Waals surface area contributed by atoms with Gasteiger partial charge in [0.05, 0.1) is 0 Å². The maximum atomic E-state index is 9.73. The fourth-order valence-electron chi connectivity index (χ4n) is 0.274. The zero-order valence-corrected chi connectivity index (χ0v) is 3.55. The van der Waals surface area contributed by atoms with E-state index in [-0.39, 0.29) is 6.42 Å². The third-order valence-corrected chi connectivity index (χ3v) is 0.610. The second kappa shape index (κ2) is 1.26. The van der Waals surface area contributed by atoms with Crippen LogP contribution in [0.2, 0.25) is 0 Å². The van der Waals surface area contributed by atoms with Crippen LogP contribution in [0.5, 0.6) is 0 Å². The van der Waals surface area contributed by atoms with Crippen molar-refractivity contribution in [2.45, 2.75) is 6.42 Å². The van der Waals surface area contributed by atoms with E-state index in [2.05, 4.69) is 4.74 Å². The molecular formula is C4H4O3. The van der Waals surface area contributed by atoms with Crippen LogP contribution in [0, 0.1) is 0 Å². The molecule has 0 unspecified atom stereocenters. The van der Waals surface area contributed by atoms with E-state index in [0.717, 1.165) is 0 Å². The molecule has 1 aliphatic rings. The number of carboxylic acid groups (broad SMARTS) is 1. The molecule has 0 amide bonds. The highest BCUT2D eigenvalue weighted by Crippen LogP contribution is 2.16. The summed E-state index contributed by atoms with van der Waals surface area (Å²) in [5, 5.41) is 8.00. The van der Waals surface area contributed by atoms with Gasteiger partial charge in [-0.2, -0.15) is 0 Å². The average Bonchev–Trinajstić information content (AvgIpc) is 2.17. The summed E-state index contributed by atoms with van der Waals surface area (Å²) in [5.74, 6) is -0.281. The van der Waals surface area contributed by atoms with E-state index in [1.165, 1.54) is 6.26 Å². The Morgan fingerprint density at radius 3 is 2.71 bits per heavy atom. The molecule has 0 atom stereocenters. The third kappa shape index (κ3) is 1.26. The lowest BCUT2D eigenvalue weighted by atomic mass is 10.4. The van der Waals surface area contributed by atoms with Crippen LogP contribution in [0.25, 0.3) is 0 Å². The van der Waals surface area contributed by atoms with Gasteiger partial charge in [-0.3, -0.25) is 4.79 Å². The van der Waals surface area contributed by atoms with Crippen LogP contribution in [0.4, 0.5) is 0 Å². The van der Waals surface area contributed by atoms with Gasteiger partial charge >= 0.3 is 5.97 Å². The van der Waals surface area contributed by atoms with Crippen molar-refractivity contribution in [2.24, 2.45) is 0 Å². The molecule has 7 heavy (non-hydrogen) atoms. The van der Waals surface area contributed by atoms with Crippen molar-refractivity contribution >= 4 is 5.97 Å². The second-order valence-electron chi connectivity index (χ2n) is 1.27. The van der Waals surface area contributed by atoms with Crippen LogP contribution < -0.4 is 0 Å². The Kier molecular flexibility index (Phi) is 0.749. The van der Waals surface area contributed by atoms with Gasteiger partial charge in [0.1, 0.15) is 18.4 Å². The van der Waals surface area contributed by atoms with E-state index in [1.54, 1.807) is 0 Å². The monoisotopic (exact) mass is 100 g/mol. The molecule has 0 spiro atoms. The van der Waals surface area contributed by atoms with Gasteiger partial charge in [0, 0.05) is 0 Å². The van der Waals surface area contributed by atoms with Gasteiger partial charge in [-0.1, -0.05) is 0 Å². The van der Waals surface area contributed by atoms with Gasteiger partial charge in [-0.05, 0) is 0 Å². The van der Waals surface area contributed by atoms with Crippen molar-refractivity contribution in [1.82, 2.24) is 0 Å². The molecule has 1 heterocycles. The standard InChI is InChI=1S/C4H4O3/c5-4(6)1-3-2-7-3/h2H,1H2,(H,5,6). The summed E-state index contributed by atoms with van der Waals surface area (Å²) in [4.78, 5) is 9.73. The average molecular weight is 100 g/mol. The van der Waals surface area contributed by atoms with Crippen LogP contribution in [0.3, 0.4) is 0 Å². The Morgan fingerprint density at radius 2 is 2.57 bits per heavy atom. The molecule has 0 saturated carbocycles. The number of carboxylic acids is 1. The number of ether oxygens (including phenoxy) is 1. The summed E-state index contributed by atoms with van der Waals surface area (Å²) in [6.45, 7) is 0. The normalized spacial score (nSPS) is 14.6. The molecule has 3 heteroatoms. The smallest absolute Gasteiger partial charge is 0.311 e. The Hall–Kier alpha value is -0.990. The quantitative estimate of drug-likeness (QED) is 0.544. The molecule has 3 nitrogen and oxygen atoms in total. The molecule has 0 aromatic rings. The molecule has 0 bridgehead atoms. The summed E-state index contributed by atoms with van der Waals surface area (Å²) >= 11 is 0. The number of aliphatic carboxylic acids is 1. The minimum atomic E-state index is -0.844. The Morgan fingerprint density at radius 1 is 2.00 bits per heavy atom. The van der Waals surface area contributed by atoms with E-state index in [0.29, 0.717) is 5.76 Å². The lowest BCUT2D eigenvalue weighted by molar-refractivity contribution is -0.136. The zero-order valence-electron chi connectivity index (χ0n) is 3.55. The topological polar surface area (TPSA) is 49.8 Å². The predicted octanol–water partition coefficient (Wildman–Crippen LogP) is 0.333. The van der Waals surface area contributed by atoms with Crippen molar-refractivity contribution < 1.29 is 14.6 Å². The van der Waals surface area contributed by atoms with E-state index in [1.807, 2.05) is 0 Å². The first-order valence-electron chi connectivity index (χ1n) is 1.86. The van der Waals surface area contributed by atoms with Crippen molar-refractivity contribution in [3.05, 3.63) is 12.0 Å². The van der Waals surface area contributed by atoms with Crippen LogP contribution in [0.15, 0.2) is 12.0 Å². The van der Waals surface area contributed by atoms with Crippen molar-refractivity contribution in [3.8, 4) is 0 Å². The summed E-state index contributed by atoms with van der Waals surface area (Å²) in [6, 6.07) is 0. The highest BCUT2D eigenvalue weighted by molar-refractivity contribution is 5.70. The summed E-state index contributed by atoms with van der Waals surface area (Å²) < 4.78 is 4.43. The Bertz CT molecular complexity index is 125. The maximum absolute atomic E-state index is 9.73. The molecule has 1 rings (SSSR count). The van der Waals surface area contributed by atoms with E-state index >= 15 is 0 Å². The third-order valence-electron chi connectivity index (χ3n) is 0.610. The van der Waals surface area contributed by atoms with Crippen LogP contribution in [-0.2, 0) is 9.53 Å². The first kappa shape index (κ1) is 4.18. The highest BCUT2D eigenvalue weighted by Gasteiger charge is 2.12. The predicted molar refractivity (Wildman–Crippen MR) is 21.4 cm³/mol. The fraction of sp³-hybridized carbons (Fsp3) is 0.250. The molecule has 1 aliphatic heterocycles. The van der Waals surface area contributed by atoms with Gasteiger partial charge < -0.3 is 9.84 Å². The van der Waals surface area contributed by atoms with E-state index in [9.17, 15) is 4.79 Å². The summed E-state index contributed by atoms with van der Waals surface area (Å²) in [5.41, 5.74) is 0. The number of rotatable bonds is 2. The van der Waals surface area contributed by atoms with Crippen LogP contribution >= 0.6 is 0 Å². The number of hydrogen-bond donors (Lipinski definition) is 1. The lowest BCUT2D eigenvalue weighted by Crippen LogP contribution is -1.90. The minimum absolute atomic E-state index is 0.0278. The molecule has 0 radical (unpaired) electrons. The molecular weight excluding hydrogens is 96.0 g/mol. The van der Waals surface area contributed by atoms with Gasteiger partial charge in [-0.15, -0.1) is 0 Å². The van der Waals surface area contributed by atoms with Gasteiger partial charge in [0.2, 0.25) is 0 Å². The zero-order chi connectivity index (χ0) is 5.28. The first-order valence-corrected chi connectivity index (χ1v) is 1.86. The molecule has 1 N–H and O–H groups in total.